The summed E-state index contributed by atoms with van der Waals surface area (Å²) in [6, 6.07) is 11.4. The van der Waals surface area contributed by atoms with Crippen LogP contribution in [0.3, 0.4) is 0 Å². The zero-order chi connectivity index (χ0) is 30.5. The molecule has 0 spiro atoms. The monoisotopic (exact) mass is 652 g/mol. The summed E-state index contributed by atoms with van der Waals surface area (Å²) in [7, 11) is 0. The smallest absolute Gasteiger partial charge is 0.387 e. The van der Waals surface area contributed by atoms with Gasteiger partial charge in [-0.3, -0.25) is 4.79 Å². The van der Waals surface area contributed by atoms with E-state index in [2.05, 4.69) is 9.72 Å². The number of alkyl halides is 2. The predicted molar refractivity (Wildman–Crippen MR) is 158 cm³/mol. The van der Waals surface area contributed by atoms with Gasteiger partial charge in [0.05, 0.1) is 6.61 Å². The van der Waals surface area contributed by atoms with Crippen molar-refractivity contribution in [3.05, 3.63) is 87.2 Å². The number of hydrogen-bond donors (Lipinski definition) is 1. The number of ether oxygens (including phenoxy) is 3. The van der Waals surface area contributed by atoms with Gasteiger partial charge in [-0.1, -0.05) is 41.4 Å². The maximum Gasteiger partial charge on any atom is 0.387 e. The lowest BCUT2D eigenvalue weighted by molar-refractivity contribution is -0.377. The van der Waals surface area contributed by atoms with Crippen molar-refractivity contribution in [1.29, 1.82) is 0 Å². The third-order valence-corrected chi connectivity index (χ3v) is 8.99. The van der Waals surface area contributed by atoms with Crippen LogP contribution in [0.15, 0.2) is 54.9 Å². The molecule has 3 N–H and O–H groups in total. The van der Waals surface area contributed by atoms with Crippen molar-refractivity contribution in [3.8, 4) is 11.5 Å². The fraction of sp³-hybridized carbons (Fsp3) is 0.367. The van der Waals surface area contributed by atoms with Gasteiger partial charge in [-0.15, -0.1) is 11.8 Å². The van der Waals surface area contributed by atoms with E-state index in [0.717, 1.165) is 18.4 Å². The number of aromatic nitrogens is 1. The SMILES string of the molecule is NCc1cccc(C(=O)N2CCS[C@H]2C(=O)O[C@@H](Cc2c(Cl)c[nH+]cc2Cl)c2ccc(OC(F)F)c(OCC3CC3)c2)c1. The number of H-pyrrole nitrogens is 1. The number of nitrogens with zero attached hydrogens (tertiary/aromatic N) is 1. The fourth-order valence-corrected chi connectivity index (χ4v) is 6.31. The second-order valence-electron chi connectivity index (χ2n) is 10.2. The topological polar surface area (TPSA) is 105 Å². The van der Waals surface area contributed by atoms with Gasteiger partial charge < -0.3 is 24.8 Å². The number of carbonyl (C=O) groups excluding carboxylic acids is 2. The number of thioether (sulfide) groups is 1. The molecule has 1 saturated heterocycles. The molecular weight excluding hydrogens is 623 g/mol. The van der Waals surface area contributed by atoms with E-state index in [1.54, 1.807) is 30.6 Å². The second-order valence-corrected chi connectivity index (χ2v) is 12.2. The molecule has 13 heteroatoms. The number of esters is 1. The molecule has 3 aromatic rings. The summed E-state index contributed by atoms with van der Waals surface area (Å²) < 4.78 is 42.9. The van der Waals surface area contributed by atoms with Gasteiger partial charge in [-0.25, -0.2) is 9.78 Å². The highest BCUT2D eigenvalue weighted by molar-refractivity contribution is 8.00. The third-order valence-electron chi connectivity index (χ3n) is 7.13. The Hall–Kier alpha value is -3.12. The summed E-state index contributed by atoms with van der Waals surface area (Å²) in [6.45, 7) is -2.07. The summed E-state index contributed by atoms with van der Waals surface area (Å²) in [5, 5.41) is -0.259. The van der Waals surface area contributed by atoms with Crippen molar-refractivity contribution in [3.63, 3.8) is 0 Å². The van der Waals surface area contributed by atoms with Crippen LogP contribution in [-0.2, 0) is 22.5 Å². The first-order chi connectivity index (χ1) is 20.7. The van der Waals surface area contributed by atoms with Gasteiger partial charge in [0.25, 0.3) is 5.91 Å². The third kappa shape index (κ3) is 7.89. The van der Waals surface area contributed by atoms with Crippen LogP contribution in [0, 0.1) is 5.92 Å². The summed E-state index contributed by atoms with van der Waals surface area (Å²) in [6.07, 6.45) is 4.21. The normalized spacial score (nSPS) is 17.2. The highest BCUT2D eigenvalue weighted by Crippen LogP contribution is 2.38. The first-order valence-electron chi connectivity index (χ1n) is 13.7. The molecular formula is C30H30Cl2F2N3O5S+. The lowest BCUT2D eigenvalue weighted by Gasteiger charge is -2.26. The van der Waals surface area contributed by atoms with Crippen LogP contribution in [0.2, 0.25) is 10.0 Å². The van der Waals surface area contributed by atoms with Crippen LogP contribution >= 0.6 is 35.0 Å². The maximum absolute atomic E-state index is 13.7. The lowest BCUT2D eigenvalue weighted by atomic mass is 10.0. The summed E-state index contributed by atoms with van der Waals surface area (Å²) in [4.78, 5) is 31.4. The van der Waals surface area contributed by atoms with Crippen LogP contribution in [0.25, 0.3) is 0 Å². The molecule has 2 atom stereocenters. The van der Waals surface area contributed by atoms with Crippen molar-refractivity contribution in [2.45, 2.75) is 43.9 Å². The highest BCUT2D eigenvalue weighted by Gasteiger charge is 2.38. The van der Waals surface area contributed by atoms with Gasteiger partial charge in [0.15, 0.2) is 29.3 Å². The van der Waals surface area contributed by atoms with E-state index < -0.39 is 24.1 Å². The van der Waals surface area contributed by atoms with Gasteiger partial charge in [-0.05, 0) is 54.2 Å². The van der Waals surface area contributed by atoms with Crippen LogP contribution in [0.5, 0.6) is 11.5 Å². The van der Waals surface area contributed by atoms with Gasteiger partial charge in [-0.2, -0.15) is 8.78 Å². The Bertz CT molecular complexity index is 1460. The van der Waals surface area contributed by atoms with Crippen LogP contribution in [0.1, 0.15) is 46.0 Å². The molecule has 1 aliphatic carbocycles. The minimum Gasteiger partial charge on any atom is -0.489 e. The summed E-state index contributed by atoms with van der Waals surface area (Å²) >= 11 is 14.2. The molecule has 0 bridgehead atoms. The molecule has 2 aromatic carbocycles. The number of rotatable bonds is 12. The zero-order valence-corrected chi connectivity index (χ0v) is 25.3. The van der Waals surface area contributed by atoms with Gasteiger partial charge in [0.1, 0.15) is 16.1 Å². The Morgan fingerprint density at radius 3 is 2.56 bits per heavy atom. The largest absolute Gasteiger partial charge is 0.489 e. The van der Waals surface area contributed by atoms with E-state index in [-0.39, 0.29) is 30.4 Å². The highest BCUT2D eigenvalue weighted by atomic mass is 35.5. The van der Waals surface area contributed by atoms with E-state index in [0.29, 0.717) is 51.6 Å². The zero-order valence-electron chi connectivity index (χ0n) is 22.9. The number of hydrogen-bond acceptors (Lipinski definition) is 7. The van der Waals surface area contributed by atoms with Crippen molar-refractivity contribution in [1.82, 2.24) is 4.90 Å². The number of benzene rings is 2. The van der Waals surface area contributed by atoms with Crippen molar-refractivity contribution >= 4 is 46.8 Å². The summed E-state index contributed by atoms with van der Waals surface area (Å²) in [5.41, 5.74) is 7.93. The summed E-state index contributed by atoms with van der Waals surface area (Å²) in [5.74, 6) is -0.0820. The number of amides is 1. The number of aromatic amines is 1. The number of halogens is 4. The number of carbonyl (C=O) groups is 2. The fourth-order valence-electron chi connectivity index (χ4n) is 4.68. The molecule has 0 unspecified atom stereocenters. The van der Waals surface area contributed by atoms with E-state index in [1.165, 1.54) is 34.9 Å². The first-order valence-corrected chi connectivity index (χ1v) is 15.5. The molecule has 2 fully saturated rings. The minimum absolute atomic E-state index is 0.0685. The van der Waals surface area contributed by atoms with Crippen LogP contribution < -0.4 is 20.2 Å². The van der Waals surface area contributed by atoms with E-state index in [4.69, 9.17) is 38.4 Å². The second kappa shape index (κ2) is 14.1. The molecule has 8 nitrogen and oxygen atoms in total. The average molecular weight is 654 g/mol. The Labute approximate surface area is 261 Å². The quantitative estimate of drug-likeness (QED) is 0.250. The Morgan fingerprint density at radius 2 is 1.86 bits per heavy atom. The van der Waals surface area contributed by atoms with E-state index in [9.17, 15) is 18.4 Å². The van der Waals surface area contributed by atoms with Gasteiger partial charge >= 0.3 is 12.6 Å². The number of nitrogens with one attached hydrogen (secondary N) is 1. The van der Waals surface area contributed by atoms with Crippen LogP contribution in [-0.4, -0.2) is 47.7 Å². The average Bonchev–Trinajstić information content (AvgIpc) is 3.70. The molecule has 1 aliphatic heterocycles. The lowest BCUT2D eigenvalue weighted by Crippen LogP contribution is -2.40. The maximum atomic E-state index is 13.7. The molecule has 1 amide bonds. The van der Waals surface area contributed by atoms with E-state index >= 15 is 0 Å². The van der Waals surface area contributed by atoms with Crippen molar-refractivity contribution in [2.24, 2.45) is 11.7 Å². The van der Waals surface area contributed by atoms with Gasteiger partial charge in [0, 0.05) is 36.4 Å². The Morgan fingerprint density at radius 1 is 1.09 bits per heavy atom. The van der Waals surface area contributed by atoms with Crippen molar-refractivity contribution < 1.29 is 37.6 Å². The van der Waals surface area contributed by atoms with E-state index in [1.807, 2.05) is 6.07 Å². The Balaban J connectivity index is 1.43. The standard InChI is InChI=1S/C30H29Cl2F2N3O5S/c31-22-14-36-15-23(32)21(22)12-25(19-6-7-24(42-30(33)34)26(11-19)40-16-17-4-5-17)41-29(39)28-37(8-9-43-28)27(38)20-3-1-2-18(10-20)13-35/h1-3,6-7,10-11,14-15,17,25,28,30H,4-5,8-9,12-13,16,35H2/p+1/t25-,28-/m0/s1. The molecule has 2 heterocycles. The molecule has 5 rings (SSSR count). The van der Waals surface area contributed by atoms with Gasteiger partial charge in [0.2, 0.25) is 0 Å². The molecule has 0 radical (unpaired) electrons. The number of nitrogens with two attached hydrogens (primary N) is 1. The molecule has 2 aliphatic rings. The minimum atomic E-state index is -3.05. The molecule has 228 valence electrons. The molecule has 43 heavy (non-hydrogen) atoms. The Kier molecular flexibility index (Phi) is 10.3. The molecule has 1 aromatic heterocycles. The molecule has 1 saturated carbocycles. The predicted octanol–water partition coefficient (Wildman–Crippen LogP) is 5.70. The first kappa shape index (κ1) is 31.3. The number of pyridine rings is 1. The van der Waals surface area contributed by atoms with Crippen molar-refractivity contribution in [2.75, 3.05) is 18.9 Å². The van der Waals surface area contributed by atoms with Crippen LogP contribution in [0.4, 0.5) is 8.78 Å².